The maximum atomic E-state index is 12.0. The van der Waals surface area contributed by atoms with Gasteiger partial charge in [0.25, 0.3) is 0 Å². The maximum Gasteiger partial charge on any atom is 0.354 e. The summed E-state index contributed by atoms with van der Waals surface area (Å²) in [6.07, 6.45) is 3.35. The third kappa shape index (κ3) is 5.39. The van der Waals surface area contributed by atoms with Gasteiger partial charge in [0.2, 0.25) is 0 Å². The Bertz CT molecular complexity index is 1020. The van der Waals surface area contributed by atoms with Crippen molar-refractivity contribution in [2.45, 2.75) is 6.54 Å². The molecule has 0 atom stereocenters. The Labute approximate surface area is 167 Å². The first-order valence-electron chi connectivity index (χ1n) is 8.75. The van der Waals surface area contributed by atoms with Crippen LogP contribution in [0.25, 0.3) is 0 Å². The van der Waals surface area contributed by atoms with Crippen molar-refractivity contribution in [3.8, 4) is 0 Å². The normalized spacial score (nSPS) is 10.1. The number of urea groups is 1. The van der Waals surface area contributed by atoms with E-state index < -0.39 is 11.7 Å². The minimum atomic E-state index is -1.30. The van der Waals surface area contributed by atoms with Crippen molar-refractivity contribution in [2.24, 2.45) is 0 Å². The van der Waals surface area contributed by atoms with Crippen LogP contribution in [0.3, 0.4) is 0 Å². The molecule has 1 heterocycles. The van der Waals surface area contributed by atoms with Crippen LogP contribution >= 0.6 is 0 Å². The van der Waals surface area contributed by atoms with Crippen molar-refractivity contribution in [1.29, 1.82) is 5.41 Å². The molecule has 8 nitrogen and oxygen atoms in total. The van der Waals surface area contributed by atoms with Crippen LogP contribution < -0.4 is 16.0 Å². The number of para-hydroxylation sites is 1. The highest BCUT2D eigenvalue weighted by Gasteiger charge is 2.14. The van der Waals surface area contributed by atoms with Crippen LogP contribution in [0.1, 0.15) is 11.1 Å². The van der Waals surface area contributed by atoms with E-state index in [0.29, 0.717) is 23.6 Å². The number of nitrogens with one attached hydrogen (secondary N) is 4. The zero-order valence-corrected chi connectivity index (χ0v) is 15.3. The predicted molar refractivity (Wildman–Crippen MR) is 111 cm³/mol. The summed E-state index contributed by atoms with van der Waals surface area (Å²) in [4.78, 5) is 27.1. The van der Waals surface area contributed by atoms with Crippen LogP contribution in [0.5, 0.6) is 0 Å². The molecule has 0 saturated carbocycles. The number of aromatic nitrogens is 1. The molecule has 1 aromatic heterocycles. The molecule has 0 aliphatic carbocycles. The van der Waals surface area contributed by atoms with Crippen molar-refractivity contribution < 1.29 is 14.7 Å². The van der Waals surface area contributed by atoms with Gasteiger partial charge in [0.05, 0.1) is 0 Å². The molecule has 0 bridgehead atoms. The van der Waals surface area contributed by atoms with Gasteiger partial charge < -0.3 is 21.1 Å². The van der Waals surface area contributed by atoms with Gasteiger partial charge in [-0.15, -0.1) is 0 Å². The minimum absolute atomic E-state index is 0.289. The summed E-state index contributed by atoms with van der Waals surface area (Å²) in [5, 5.41) is 25.3. The third-order valence-corrected chi connectivity index (χ3v) is 4.01. The molecule has 0 spiro atoms. The molecule has 29 heavy (non-hydrogen) atoms. The molecule has 2 aromatic carbocycles. The Morgan fingerprint density at radius 1 is 0.966 bits per heavy atom. The van der Waals surface area contributed by atoms with Crippen LogP contribution in [0.2, 0.25) is 0 Å². The van der Waals surface area contributed by atoms with Gasteiger partial charge in [0, 0.05) is 41.6 Å². The number of carbonyl (C=O) groups excluding carboxylic acids is 1. The molecule has 8 heteroatoms. The number of carboxylic acid groups (broad SMARTS) is 1. The fourth-order valence-electron chi connectivity index (χ4n) is 2.58. The number of benzene rings is 2. The first-order chi connectivity index (χ1) is 14.0. The molecule has 0 aliphatic rings. The zero-order valence-electron chi connectivity index (χ0n) is 15.3. The molecule has 0 unspecified atom stereocenters. The zero-order chi connectivity index (χ0) is 20.6. The fourth-order valence-corrected chi connectivity index (χ4v) is 2.58. The van der Waals surface area contributed by atoms with E-state index in [0.717, 1.165) is 5.56 Å². The van der Waals surface area contributed by atoms with Crippen LogP contribution in [0.4, 0.5) is 21.9 Å². The minimum Gasteiger partial charge on any atom is -0.477 e. The molecule has 5 N–H and O–H groups in total. The average Bonchev–Trinajstić information content (AvgIpc) is 2.74. The largest absolute Gasteiger partial charge is 0.477 e. The maximum absolute atomic E-state index is 12.0. The molecular weight excluding hydrogens is 370 g/mol. The van der Waals surface area contributed by atoms with Gasteiger partial charge >= 0.3 is 12.0 Å². The van der Waals surface area contributed by atoms with Crippen LogP contribution in [-0.4, -0.2) is 27.8 Å². The standard InChI is InChI=1S/C21H19N5O3/c22-19(20(27)28)17-5-1-2-6-18(17)25-15-7-9-16(10-8-15)26-21(29)24-13-14-4-3-11-23-12-14/h1-12,22,25H,13H2,(H,27,28)(H2,24,26,29). The van der Waals surface area contributed by atoms with Crippen molar-refractivity contribution in [2.75, 3.05) is 10.6 Å². The van der Waals surface area contributed by atoms with E-state index in [9.17, 15) is 9.59 Å². The molecular formula is C21H19N5O3. The molecule has 2 amide bonds. The summed E-state index contributed by atoms with van der Waals surface area (Å²) >= 11 is 0. The Hall–Kier alpha value is -4.20. The van der Waals surface area contributed by atoms with Gasteiger partial charge in [-0.25, -0.2) is 9.59 Å². The molecule has 0 aliphatic heterocycles. The topological polar surface area (TPSA) is 127 Å². The molecule has 0 saturated heterocycles. The van der Waals surface area contributed by atoms with E-state index in [4.69, 9.17) is 10.5 Å². The van der Waals surface area contributed by atoms with E-state index in [1.165, 1.54) is 0 Å². The Kier molecular flexibility index (Phi) is 6.16. The number of aliphatic carboxylic acids is 1. The van der Waals surface area contributed by atoms with Gasteiger partial charge in [0.15, 0.2) is 0 Å². The predicted octanol–water partition coefficient (Wildman–Crippen LogP) is 3.60. The number of carbonyl (C=O) groups is 2. The SMILES string of the molecule is N=C(C(=O)O)c1ccccc1Nc1ccc(NC(=O)NCc2cccnc2)cc1. The van der Waals surface area contributed by atoms with Gasteiger partial charge in [-0.3, -0.25) is 10.4 Å². The summed E-state index contributed by atoms with van der Waals surface area (Å²) < 4.78 is 0. The van der Waals surface area contributed by atoms with Crippen molar-refractivity contribution in [1.82, 2.24) is 10.3 Å². The highest BCUT2D eigenvalue weighted by Crippen LogP contribution is 2.22. The molecule has 3 rings (SSSR count). The lowest BCUT2D eigenvalue weighted by molar-refractivity contribution is -0.129. The summed E-state index contributed by atoms with van der Waals surface area (Å²) in [5.41, 5.74) is 2.50. The van der Waals surface area contributed by atoms with Gasteiger partial charge in [-0.1, -0.05) is 24.3 Å². The highest BCUT2D eigenvalue weighted by molar-refractivity contribution is 6.42. The lowest BCUT2D eigenvalue weighted by Crippen LogP contribution is -2.28. The second-order valence-electron chi connectivity index (χ2n) is 6.10. The molecule has 0 fully saturated rings. The van der Waals surface area contributed by atoms with E-state index >= 15 is 0 Å². The summed E-state index contributed by atoms with van der Waals surface area (Å²) in [6.45, 7) is 0.367. The number of hydrogen-bond donors (Lipinski definition) is 5. The Balaban J connectivity index is 1.60. The number of anilines is 3. The fraction of sp³-hybridized carbons (Fsp3) is 0.0476. The number of rotatable bonds is 7. The van der Waals surface area contributed by atoms with E-state index in [1.54, 1.807) is 67.0 Å². The van der Waals surface area contributed by atoms with Gasteiger partial charge in [-0.2, -0.15) is 0 Å². The molecule has 3 aromatic rings. The Morgan fingerprint density at radius 2 is 1.69 bits per heavy atom. The Morgan fingerprint density at radius 3 is 2.38 bits per heavy atom. The van der Waals surface area contributed by atoms with Crippen molar-refractivity contribution in [3.05, 3.63) is 84.2 Å². The third-order valence-electron chi connectivity index (χ3n) is 4.01. The molecule has 0 radical (unpaired) electrons. The summed E-state index contributed by atoms with van der Waals surface area (Å²) in [5.74, 6) is -1.30. The van der Waals surface area contributed by atoms with Gasteiger partial charge in [0.1, 0.15) is 5.71 Å². The van der Waals surface area contributed by atoms with E-state index in [1.807, 2.05) is 6.07 Å². The smallest absolute Gasteiger partial charge is 0.354 e. The first kappa shape index (κ1) is 19.6. The van der Waals surface area contributed by atoms with Crippen molar-refractivity contribution in [3.63, 3.8) is 0 Å². The van der Waals surface area contributed by atoms with E-state index in [-0.39, 0.29) is 11.6 Å². The van der Waals surface area contributed by atoms with E-state index in [2.05, 4.69) is 20.9 Å². The van der Waals surface area contributed by atoms with Crippen LogP contribution in [-0.2, 0) is 11.3 Å². The number of amides is 2. The quantitative estimate of drug-likeness (QED) is 0.395. The number of pyridine rings is 1. The molecule has 146 valence electrons. The van der Waals surface area contributed by atoms with Crippen molar-refractivity contribution >= 4 is 34.8 Å². The average molecular weight is 389 g/mol. The number of carboxylic acids is 1. The number of hydrogen-bond acceptors (Lipinski definition) is 5. The highest BCUT2D eigenvalue weighted by atomic mass is 16.4. The summed E-state index contributed by atoms with van der Waals surface area (Å²) in [7, 11) is 0. The van der Waals surface area contributed by atoms with Gasteiger partial charge in [-0.05, 0) is 42.0 Å². The monoisotopic (exact) mass is 389 g/mol. The number of nitrogens with zero attached hydrogens (tertiary/aromatic N) is 1. The lowest BCUT2D eigenvalue weighted by Gasteiger charge is -2.12. The lowest BCUT2D eigenvalue weighted by atomic mass is 10.1. The van der Waals surface area contributed by atoms with Crippen LogP contribution in [0, 0.1) is 5.41 Å². The second kappa shape index (κ2) is 9.14. The first-order valence-corrected chi connectivity index (χ1v) is 8.75. The summed E-state index contributed by atoms with van der Waals surface area (Å²) in [6, 6.07) is 17.0. The van der Waals surface area contributed by atoms with Crippen LogP contribution in [0.15, 0.2) is 73.1 Å². The second-order valence-corrected chi connectivity index (χ2v) is 6.10.